The summed E-state index contributed by atoms with van der Waals surface area (Å²) in [5, 5.41) is 31.0. The van der Waals surface area contributed by atoms with Crippen LogP contribution in [-0.4, -0.2) is 33.1 Å². The van der Waals surface area contributed by atoms with Crippen LogP contribution in [0.1, 0.15) is 105 Å². The minimum absolute atomic E-state index is 0.383. The Balaban J connectivity index is 1.65. The third kappa shape index (κ3) is 5.42. The zero-order valence-electron chi connectivity index (χ0n) is 21.1. The summed E-state index contributed by atoms with van der Waals surface area (Å²) >= 11 is 0. The molecule has 0 bridgehead atoms. The molecule has 0 amide bonds. The lowest BCUT2D eigenvalue weighted by Crippen LogP contribution is -2.36. The minimum atomic E-state index is -0.616. The molecular weight excluding hydrogens is 396 g/mol. The number of hydrogen-bond donors (Lipinski definition) is 3. The van der Waals surface area contributed by atoms with Gasteiger partial charge in [-0.1, -0.05) is 70.4 Å². The Bertz CT molecular complexity index is 700. The molecule has 0 unspecified atom stereocenters. The molecule has 3 rings (SSSR count). The number of rotatable bonds is 8. The molecular formula is C29H48O3. The van der Waals surface area contributed by atoms with Crippen LogP contribution in [0.3, 0.4) is 0 Å². The van der Waals surface area contributed by atoms with Crippen LogP contribution in [0.15, 0.2) is 35.5 Å². The van der Waals surface area contributed by atoms with E-state index in [9.17, 15) is 15.3 Å². The van der Waals surface area contributed by atoms with Gasteiger partial charge in [-0.05, 0) is 93.0 Å². The summed E-state index contributed by atoms with van der Waals surface area (Å²) in [5.74, 6) is 2.13. The first-order chi connectivity index (χ1) is 15.1. The average Bonchev–Trinajstić information content (AvgIpc) is 3.13. The largest absolute Gasteiger partial charge is 0.390 e. The van der Waals surface area contributed by atoms with E-state index in [4.69, 9.17) is 0 Å². The highest BCUT2D eigenvalue weighted by Crippen LogP contribution is 2.60. The summed E-state index contributed by atoms with van der Waals surface area (Å²) in [6.45, 7) is 13.0. The standard InChI is InChI=1S/C29H48O3/c1-6-29(32,7-2)17-8-10-20(3)24-14-15-25-23(11-9-16-28(24,25)5)13-12-22-18-26(30)21(4)27(31)19-22/h12-13,20,24-27,30-32H,4,6-11,14-19H2,1-3,5H3/b23-13+/t20-,24-,25+,26-,27-,28-/m1/s1. The molecule has 32 heavy (non-hydrogen) atoms. The Morgan fingerprint density at radius 2 is 1.78 bits per heavy atom. The zero-order chi connectivity index (χ0) is 23.5. The third-order valence-corrected chi connectivity index (χ3v) is 9.64. The van der Waals surface area contributed by atoms with E-state index in [2.05, 4.69) is 46.4 Å². The average molecular weight is 445 g/mol. The molecule has 3 fully saturated rings. The summed E-state index contributed by atoms with van der Waals surface area (Å²) in [6.07, 6.45) is 15.9. The molecule has 0 heterocycles. The maximum absolute atomic E-state index is 10.6. The van der Waals surface area contributed by atoms with Crippen molar-refractivity contribution in [3.8, 4) is 0 Å². The Kier molecular flexibility index (Phi) is 8.50. The number of hydrogen-bond acceptors (Lipinski definition) is 3. The van der Waals surface area contributed by atoms with Crippen molar-refractivity contribution in [2.24, 2.45) is 23.2 Å². The van der Waals surface area contributed by atoms with Crippen LogP contribution in [0, 0.1) is 23.2 Å². The van der Waals surface area contributed by atoms with Gasteiger partial charge in [0, 0.05) is 0 Å². The predicted molar refractivity (Wildman–Crippen MR) is 133 cm³/mol. The molecule has 3 heteroatoms. The van der Waals surface area contributed by atoms with Gasteiger partial charge in [-0.25, -0.2) is 0 Å². The van der Waals surface area contributed by atoms with Gasteiger partial charge in [-0.15, -0.1) is 0 Å². The van der Waals surface area contributed by atoms with Gasteiger partial charge < -0.3 is 15.3 Å². The molecule has 3 saturated carbocycles. The molecule has 182 valence electrons. The fourth-order valence-electron chi connectivity index (χ4n) is 7.20. The summed E-state index contributed by atoms with van der Waals surface area (Å²) in [7, 11) is 0. The molecule has 0 radical (unpaired) electrons. The van der Waals surface area contributed by atoms with Crippen molar-refractivity contribution in [3.05, 3.63) is 35.5 Å². The van der Waals surface area contributed by atoms with E-state index in [0.29, 0.717) is 35.7 Å². The molecule has 0 spiro atoms. The van der Waals surface area contributed by atoms with Gasteiger partial charge in [0.15, 0.2) is 0 Å². The van der Waals surface area contributed by atoms with Crippen LogP contribution in [0.4, 0.5) is 0 Å². The molecule has 3 aliphatic rings. The SMILES string of the molecule is C=C1[C@H](O)CC(=C/C=C2\CCC[C@]3(C)[C@@H]([C@H](C)CCCC(O)(CC)CC)CC[C@@H]23)C[C@H]1O. The first-order valence-electron chi connectivity index (χ1n) is 13.3. The van der Waals surface area contributed by atoms with E-state index in [1.54, 1.807) is 5.57 Å². The fraction of sp³-hybridized carbons (Fsp3) is 0.793. The van der Waals surface area contributed by atoms with Crippen molar-refractivity contribution >= 4 is 0 Å². The first kappa shape index (κ1) is 25.7. The second kappa shape index (κ2) is 10.6. The van der Waals surface area contributed by atoms with Gasteiger partial charge in [-0.3, -0.25) is 0 Å². The summed E-state index contributed by atoms with van der Waals surface area (Å²) in [5.41, 5.74) is 3.19. The quantitative estimate of drug-likeness (QED) is 0.375. The molecule has 0 saturated heterocycles. The highest BCUT2D eigenvalue weighted by atomic mass is 16.3. The monoisotopic (exact) mass is 444 g/mol. The van der Waals surface area contributed by atoms with E-state index in [1.807, 2.05) is 0 Å². The molecule has 3 nitrogen and oxygen atoms in total. The molecule has 0 aromatic heterocycles. The first-order valence-corrected chi connectivity index (χ1v) is 13.3. The van der Waals surface area contributed by atoms with Crippen LogP contribution in [-0.2, 0) is 0 Å². The zero-order valence-corrected chi connectivity index (χ0v) is 21.1. The topological polar surface area (TPSA) is 60.7 Å². The van der Waals surface area contributed by atoms with Crippen molar-refractivity contribution in [2.45, 2.75) is 123 Å². The second-order valence-electron chi connectivity index (χ2n) is 11.5. The smallest absolute Gasteiger partial charge is 0.0809 e. The number of aliphatic hydroxyl groups excluding tert-OH is 2. The summed E-state index contributed by atoms with van der Waals surface area (Å²) < 4.78 is 0. The Hall–Kier alpha value is -0.900. The van der Waals surface area contributed by atoms with Crippen LogP contribution in [0.2, 0.25) is 0 Å². The van der Waals surface area contributed by atoms with E-state index in [0.717, 1.165) is 37.2 Å². The van der Waals surface area contributed by atoms with Crippen LogP contribution in [0.25, 0.3) is 0 Å². The molecule has 0 aliphatic heterocycles. The summed E-state index contributed by atoms with van der Waals surface area (Å²) in [6, 6.07) is 0. The van der Waals surface area contributed by atoms with Crippen molar-refractivity contribution in [1.82, 2.24) is 0 Å². The maximum Gasteiger partial charge on any atom is 0.0809 e. The van der Waals surface area contributed by atoms with Gasteiger partial charge in [0.1, 0.15) is 0 Å². The lowest BCUT2D eigenvalue weighted by molar-refractivity contribution is 0.0178. The normalized spacial score (nSPS) is 35.8. The Morgan fingerprint density at radius 3 is 2.41 bits per heavy atom. The number of fused-ring (bicyclic) bond motifs is 1. The van der Waals surface area contributed by atoms with Gasteiger partial charge in [-0.2, -0.15) is 0 Å². The number of aliphatic hydroxyl groups is 3. The van der Waals surface area contributed by atoms with Crippen LogP contribution in [0.5, 0.6) is 0 Å². The highest BCUT2D eigenvalue weighted by Gasteiger charge is 2.50. The highest BCUT2D eigenvalue weighted by molar-refractivity contribution is 5.29. The second-order valence-corrected chi connectivity index (χ2v) is 11.5. The van der Waals surface area contributed by atoms with E-state index < -0.39 is 17.8 Å². The van der Waals surface area contributed by atoms with Gasteiger partial charge in [0.05, 0.1) is 17.8 Å². The Labute approximate surface area is 196 Å². The van der Waals surface area contributed by atoms with Crippen LogP contribution < -0.4 is 0 Å². The van der Waals surface area contributed by atoms with Crippen molar-refractivity contribution in [3.63, 3.8) is 0 Å². The lowest BCUT2D eigenvalue weighted by Gasteiger charge is -2.44. The predicted octanol–water partition coefficient (Wildman–Crippen LogP) is 6.48. The molecule has 6 atom stereocenters. The third-order valence-electron chi connectivity index (χ3n) is 9.64. The molecule has 0 aromatic rings. The van der Waals surface area contributed by atoms with E-state index in [1.165, 1.54) is 38.5 Å². The maximum atomic E-state index is 10.6. The molecule has 0 aromatic carbocycles. The van der Waals surface area contributed by atoms with Gasteiger partial charge >= 0.3 is 0 Å². The fourth-order valence-corrected chi connectivity index (χ4v) is 7.20. The van der Waals surface area contributed by atoms with E-state index in [-0.39, 0.29) is 0 Å². The van der Waals surface area contributed by atoms with Gasteiger partial charge in [0.2, 0.25) is 0 Å². The molecule has 3 N–H and O–H groups in total. The van der Waals surface area contributed by atoms with Crippen molar-refractivity contribution < 1.29 is 15.3 Å². The van der Waals surface area contributed by atoms with Crippen molar-refractivity contribution in [2.75, 3.05) is 0 Å². The lowest BCUT2D eigenvalue weighted by atomic mass is 9.60. The molecule has 3 aliphatic carbocycles. The van der Waals surface area contributed by atoms with E-state index >= 15 is 0 Å². The minimum Gasteiger partial charge on any atom is -0.390 e. The number of allylic oxidation sites excluding steroid dienone is 3. The summed E-state index contributed by atoms with van der Waals surface area (Å²) in [4.78, 5) is 0. The Morgan fingerprint density at radius 1 is 1.12 bits per heavy atom. The van der Waals surface area contributed by atoms with Crippen LogP contribution >= 0.6 is 0 Å². The van der Waals surface area contributed by atoms with Crippen molar-refractivity contribution in [1.29, 1.82) is 0 Å². The van der Waals surface area contributed by atoms with Gasteiger partial charge in [0.25, 0.3) is 0 Å².